The second-order valence-electron chi connectivity index (χ2n) is 4.59. The number of benzene rings is 1. The first-order valence-corrected chi connectivity index (χ1v) is 6.26. The lowest BCUT2D eigenvalue weighted by Crippen LogP contribution is -2.29. The third-order valence-electron chi connectivity index (χ3n) is 2.99. The number of amides is 1. The van der Waals surface area contributed by atoms with Gasteiger partial charge in [-0.2, -0.15) is 0 Å². The van der Waals surface area contributed by atoms with E-state index in [0.29, 0.717) is 16.7 Å². The number of ketones is 1. The van der Waals surface area contributed by atoms with Crippen molar-refractivity contribution in [2.75, 3.05) is 6.54 Å². The van der Waals surface area contributed by atoms with Crippen molar-refractivity contribution in [2.45, 2.75) is 20.0 Å². The average molecular weight is 273 g/mol. The second-order valence-corrected chi connectivity index (χ2v) is 4.59. The van der Waals surface area contributed by atoms with E-state index < -0.39 is 12.1 Å². The molecule has 0 fully saturated rings. The lowest BCUT2D eigenvalue weighted by molar-refractivity contribution is -0.138. The molecule has 0 aliphatic carbocycles. The Morgan fingerprint density at radius 2 is 1.85 bits per heavy atom. The second kappa shape index (κ2) is 5.69. The molecule has 0 aromatic heterocycles. The Balaban J connectivity index is 2.14. The van der Waals surface area contributed by atoms with Crippen LogP contribution in [0.2, 0.25) is 0 Å². The van der Waals surface area contributed by atoms with Crippen LogP contribution in [0.3, 0.4) is 0 Å². The minimum Gasteiger partial charge on any atom is -0.453 e. The van der Waals surface area contributed by atoms with Gasteiger partial charge in [0.1, 0.15) is 6.10 Å². The maximum atomic E-state index is 11.8. The summed E-state index contributed by atoms with van der Waals surface area (Å²) in [5.41, 5.74) is 1.75. The number of Topliss-reactive ketones (excluding diaryl/α,β-unsaturated/α-hetero) is 1. The summed E-state index contributed by atoms with van der Waals surface area (Å²) in [7, 11) is 0. The maximum Gasteiger partial charge on any atom is 0.339 e. The lowest BCUT2D eigenvalue weighted by Gasteiger charge is -2.07. The van der Waals surface area contributed by atoms with Gasteiger partial charge in [-0.3, -0.25) is 9.59 Å². The van der Waals surface area contributed by atoms with Crippen LogP contribution in [0, 0.1) is 0 Å². The molecule has 1 aliphatic rings. The molecule has 5 heteroatoms. The molecule has 2 rings (SSSR count). The maximum absolute atomic E-state index is 11.8. The minimum absolute atomic E-state index is 0.0249. The zero-order valence-corrected chi connectivity index (χ0v) is 11.3. The fourth-order valence-electron chi connectivity index (χ4n) is 1.93. The Morgan fingerprint density at radius 3 is 2.40 bits per heavy atom. The summed E-state index contributed by atoms with van der Waals surface area (Å²) in [5, 5.41) is 2.60. The SMILES string of the molecule is CC(=O)NC[C@H]1C=C(c2ccc(C(C)=O)cc2)C(=O)O1. The number of rotatable bonds is 4. The summed E-state index contributed by atoms with van der Waals surface area (Å²) in [6.45, 7) is 3.15. The number of esters is 1. The van der Waals surface area contributed by atoms with Crippen molar-refractivity contribution in [3.63, 3.8) is 0 Å². The molecular formula is C15H15NO4. The Kier molecular flexibility index (Phi) is 3.98. The summed E-state index contributed by atoms with van der Waals surface area (Å²) >= 11 is 0. The van der Waals surface area contributed by atoms with Crippen LogP contribution >= 0.6 is 0 Å². The van der Waals surface area contributed by atoms with Gasteiger partial charge in [-0.25, -0.2) is 4.79 Å². The molecule has 1 aromatic carbocycles. The Hall–Kier alpha value is -2.43. The van der Waals surface area contributed by atoms with Crippen molar-refractivity contribution in [1.29, 1.82) is 0 Å². The summed E-state index contributed by atoms with van der Waals surface area (Å²) in [5.74, 6) is -0.618. The van der Waals surface area contributed by atoms with Crippen LogP contribution in [-0.2, 0) is 14.3 Å². The van der Waals surface area contributed by atoms with Crippen LogP contribution in [-0.4, -0.2) is 30.3 Å². The van der Waals surface area contributed by atoms with Crippen molar-refractivity contribution >= 4 is 23.2 Å². The molecule has 0 saturated heterocycles. The molecule has 5 nitrogen and oxygen atoms in total. The highest BCUT2D eigenvalue weighted by Crippen LogP contribution is 2.24. The first-order valence-electron chi connectivity index (χ1n) is 6.26. The molecule has 1 heterocycles. The first kappa shape index (κ1) is 14.0. The van der Waals surface area contributed by atoms with E-state index in [0.717, 1.165) is 0 Å². The molecule has 104 valence electrons. The van der Waals surface area contributed by atoms with Gasteiger partial charge in [0.2, 0.25) is 5.91 Å². The van der Waals surface area contributed by atoms with Crippen molar-refractivity contribution in [2.24, 2.45) is 0 Å². The van der Waals surface area contributed by atoms with E-state index >= 15 is 0 Å². The summed E-state index contributed by atoms with van der Waals surface area (Å²) in [6.07, 6.45) is 1.23. The van der Waals surface area contributed by atoms with Gasteiger partial charge in [-0.1, -0.05) is 24.3 Å². The van der Waals surface area contributed by atoms with Crippen LogP contribution in [0.15, 0.2) is 30.3 Å². The van der Waals surface area contributed by atoms with E-state index in [-0.39, 0.29) is 18.2 Å². The molecule has 0 bridgehead atoms. The highest BCUT2D eigenvalue weighted by Gasteiger charge is 2.26. The molecule has 1 aromatic rings. The summed E-state index contributed by atoms with van der Waals surface area (Å²) < 4.78 is 5.14. The van der Waals surface area contributed by atoms with Gasteiger partial charge < -0.3 is 10.1 Å². The van der Waals surface area contributed by atoms with E-state index in [1.54, 1.807) is 30.3 Å². The van der Waals surface area contributed by atoms with E-state index in [4.69, 9.17) is 4.74 Å². The highest BCUT2D eigenvalue weighted by atomic mass is 16.5. The number of cyclic esters (lactones) is 1. The minimum atomic E-state index is -0.450. The number of hydrogen-bond acceptors (Lipinski definition) is 4. The van der Waals surface area contributed by atoms with Crippen molar-refractivity contribution < 1.29 is 19.1 Å². The average Bonchev–Trinajstić information content (AvgIpc) is 2.78. The molecule has 0 spiro atoms. The normalized spacial score (nSPS) is 17.4. The largest absolute Gasteiger partial charge is 0.453 e. The Morgan fingerprint density at radius 1 is 1.20 bits per heavy atom. The van der Waals surface area contributed by atoms with E-state index in [9.17, 15) is 14.4 Å². The van der Waals surface area contributed by atoms with Crippen molar-refractivity contribution in [1.82, 2.24) is 5.32 Å². The quantitative estimate of drug-likeness (QED) is 0.663. The van der Waals surface area contributed by atoms with E-state index in [2.05, 4.69) is 5.32 Å². The van der Waals surface area contributed by atoms with Crippen LogP contribution < -0.4 is 5.32 Å². The zero-order valence-electron chi connectivity index (χ0n) is 11.3. The molecule has 1 amide bonds. The number of nitrogens with one attached hydrogen (secondary N) is 1. The first-order chi connectivity index (χ1) is 9.47. The van der Waals surface area contributed by atoms with Crippen LogP contribution in [0.4, 0.5) is 0 Å². The van der Waals surface area contributed by atoms with Gasteiger partial charge in [-0.15, -0.1) is 0 Å². The summed E-state index contributed by atoms with van der Waals surface area (Å²) in [4.78, 5) is 33.8. The molecular weight excluding hydrogens is 258 g/mol. The van der Waals surface area contributed by atoms with Gasteiger partial charge in [0, 0.05) is 12.5 Å². The number of carbonyl (C=O) groups is 3. The molecule has 0 unspecified atom stereocenters. The van der Waals surface area contributed by atoms with Gasteiger partial charge in [0.15, 0.2) is 5.78 Å². The Bertz CT molecular complexity index is 586. The molecule has 0 radical (unpaired) electrons. The van der Waals surface area contributed by atoms with Gasteiger partial charge in [0.25, 0.3) is 0 Å². The Labute approximate surface area is 116 Å². The molecule has 1 atom stereocenters. The van der Waals surface area contributed by atoms with Gasteiger partial charge >= 0.3 is 5.97 Å². The topological polar surface area (TPSA) is 72.5 Å². The highest BCUT2D eigenvalue weighted by molar-refractivity contribution is 6.18. The van der Waals surface area contributed by atoms with E-state index in [1.165, 1.54) is 13.8 Å². The number of hydrogen-bond donors (Lipinski definition) is 1. The standard InChI is InChI=1S/C15H15NO4/c1-9(17)11-3-5-12(6-4-11)14-7-13(20-15(14)19)8-16-10(2)18/h3-7,13H,8H2,1-2H3,(H,16,18)/t13-/m1/s1. The third-order valence-corrected chi connectivity index (χ3v) is 2.99. The smallest absolute Gasteiger partial charge is 0.339 e. The zero-order chi connectivity index (χ0) is 14.7. The predicted octanol–water partition coefficient (Wildman–Crippen LogP) is 1.33. The van der Waals surface area contributed by atoms with Gasteiger partial charge in [0.05, 0.1) is 12.1 Å². The fraction of sp³-hybridized carbons (Fsp3) is 0.267. The molecule has 0 saturated carbocycles. The number of carbonyl (C=O) groups excluding carboxylic acids is 3. The predicted molar refractivity (Wildman–Crippen MR) is 73.0 cm³/mol. The monoisotopic (exact) mass is 273 g/mol. The van der Waals surface area contributed by atoms with Crippen LogP contribution in [0.1, 0.15) is 29.8 Å². The summed E-state index contributed by atoms with van der Waals surface area (Å²) in [6, 6.07) is 6.77. The number of ether oxygens (including phenoxy) is 1. The third kappa shape index (κ3) is 3.12. The van der Waals surface area contributed by atoms with Gasteiger partial charge in [-0.05, 0) is 18.6 Å². The fourth-order valence-corrected chi connectivity index (χ4v) is 1.93. The van der Waals surface area contributed by atoms with Crippen LogP contribution in [0.25, 0.3) is 5.57 Å². The van der Waals surface area contributed by atoms with Crippen molar-refractivity contribution in [3.05, 3.63) is 41.5 Å². The van der Waals surface area contributed by atoms with Crippen molar-refractivity contribution in [3.8, 4) is 0 Å². The molecule has 1 N–H and O–H groups in total. The van der Waals surface area contributed by atoms with Crippen LogP contribution in [0.5, 0.6) is 0 Å². The lowest BCUT2D eigenvalue weighted by atomic mass is 10.0. The molecule has 1 aliphatic heterocycles. The van der Waals surface area contributed by atoms with E-state index in [1.807, 2.05) is 0 Å². The molecule has 20 heavy (non-hydrogen) atoms.